The fraction of sp³-hybridized carbons (Fsp3) is 0.500. The molecular formula is C20H25FN4O. The van der Waals surface area contributed by atoms with Gasteiger partial charge in [0.15, 0.2) is 0 Å². The Balaban J connectivity index is 1.40. The zero-order valence-electron chi connectivity index (χ0n) is 15.3. The van der Waals surface area contributed by atoms with E-state index in [1.165, 1.54) is 12.1 Å². The quantitative estimate of drug-likeness (QED) is 0.745. The van der Waals surface area contributed by atoms with Crippen LogP contribution in [0.2, 0.25) is 0 Å². The van der Waals surface area contributed by atoms with Gasteiger partial charge in [0.1, 0.15) is 17.5 Å². The Hall–Kier alpha value is -2.21. The van der Waals surface area contributed by atoms with Crippen LogP contribution in [-0.4, -0.2) is 31.7 Å². The Morgan fingerprint density at radius 2 is 2.27 bits per heavy atom. The molecule has 1 aliphatic heterocycles. The second-order valence-electron chi connectivity index (χ2n) is 7.73. The molecule has 6 heteroatoms. The number of imidazole rings is 2. The molecule has 0 saturated carbocycles. The number of nitrogens with one attached hydrogen (secondary N) is 1. The van der Waals surface area contributed by atoms with Gasteiger partial charge >= 0.3 is 0 Å². The first kappa shape index (κ1) is 17.2. The van der Waals surface area contributed by atoms with Crippen molar-refractivity contribution >= 4 is 11.0 Å². The molecule has 0 bridgehead atoms. The lowest BCUT2D eigenvalue weighted by atomic mass is 9.88. The van der Waals surface area contributed by atoms with Gasteiger partial charge in [0.05, 0.1) is 16.6 Å². The van der Waals surface area contributed by atoms with Gasteiger partial charge in [-0.1, -0.05) is 0 Å². The number of hydrogen-bond donors (Lipinski definition) is 1. The summed E-state index contributed by atoms with van der Waals surface area (Å²) in [5.41, 5.74) is 1.49. The Morgan fingerprint density at radius 3 is 3.12 bits per heavy atom. The Morgan fingerprint density at radius 1 is 1.38 bits per heavy atom. The highest BCUT2D eigenvalue weighted by atomic mass is 19.1. The summed E-state index contributed by atoms with van der Waals surface area (Å²) in [4.78, 5) is 12.4. The van der Waals surface area contributed by atoms with Crippen LogP contribution in [0.3, 0.4) is 0 Å². The SMILES string of the molecule is CC1(C)CC(c2nccn2CCCc2nc3ccc(F)cc3[nH]2)CCO1. The average molecular weight is 356 g/mol. The van der Waals surface area contributed by atoms with Crippen LogP contribution in [0.1, 0.15) is 50.7 Å². The topological polar surface area (TPSA) is 55.7 Å². The molecule has 26 heavy (non-hydrogen) atoms. The maximum Gasteiger partial charge on any atom is 0.125 e. The van der Waals surface area contributed by atoms with Gasteiger partial charge in [-0.3, -0.25) is 0 Å². The van der Waals surface area contributed by atoms with Crippen molar-refractivity contribution in [1.29, 1.82) is 0 Å². The van der Waals surface area contributed by atoms with Crippen molar-refractivity contribution in [3.63, 3.8) is 0 Å². The smallest absolute Gasteiger partial charge is 0.125 e. The largest absolute Gasteiger partial charge is 0.376 e. The first-order chi connectivity index (χ1) is 12.5. The molecule has 1 aliphatic rings. The van der Waals surface area contributed by atoms with Crippen LogP contribution in [0, 0.1) is 5.82 Å². The molecule has 0 spiro atoms. The fourth-order valence-electron chi connectivity index (χ4n) is 3.89. The van der Waals surface area contributed by atoms with Gasteiger partial charge in [-0.25, -0.2) is 14.4 Å². The standard InChI is InChI=1S/C20H25FN4O/c1-20(2)13-14(7-11-26-20)19-22-8-10-25(19)9-3-4-18-23-16-6-5-15(21)12-17(16)24-18/h5-6,8,10,12,14H,3-4,7,9,11,13H2,1-2H3,(H,23,24). The van der Waals surface area contributed by atoms with Crippen LogP contribution in [0.5, 0.6) is 0 Å². The van der Waals surface area contributed by atoms with Crippen LogP contribution < -0.4 is 0 Å². The number of benzene rings is 1. The molecule has 1 saturated heterocycles. The third-order valence-corrected chi connectivity index (χ3v) is 5.12. The van der Waals surface area contributed by atoms with E-state index in [0.29, 0.717) is 5.92 Å². The summed E-state index contributed by atoms with van der Waals surface area (Å²) in [5, 5.41) is 0. The summed E-state index contributed by atoms with van der Waals surface area (Å²) < 4.78 is 21.4. The lowest BCUT2D eigenvalue weighted by Crippen LogP contribution is -2.34. The number of H-pyrrole nitrogens is 1. The molecule has 1 fully saturated rings. The van der Waals surface area contributed by atoms with E-state index in [1.54, 1.807) is 6.07 Å². The molecule has 1 N–H and O–H groups in total. The summed E-state index contributed by atoms with van der Waals surface area (Å²) >= 11 is 0. The van der Waals surface area contributed by atoms with Crippen molar-refractivity contribution in [2.24, 2.45) is 0 Å². The van der Waals surface area contributed by atoms with E-state index in [-0.39, 0.29) is 11.4 Å². The third kappa shape index (κ3) is 3.65. The van der Waals surface area contributed by atoms with Crippen LogP contribution in [0.25, 0.3) is 11.0 Å². The zero-order chi connectivity index (χ0) is 18.1. The van der Waals surface area contributed by atoms with E-state index in [0.717, 1.165) is 61.5 Å². The van der Waals surface area contributed by atoms with Crippen LogP contribution in [0.4, 0.5) is 4.39 Å². The molecule has 0 radical (unpaired) electrons. The van der Waals surface area contributed by atoms with E-state index >= 15 is 0 Å². The highest BCUT2D eigenvalue weighted by Crippen LogP contribution is 2.34. The summed E-state index contributed by atoms with van der Waals surface area (Å²) in [6.07, 6.45) is 7.76. The number of halogens is 1. The van der Waals surface area contributed by atoms with Gasteiger partial charge < -0.3 is 14.3 Å². The summed E-state index contributed by atoms with van der Waals surface area (Å²) in [7, 11) is 0. The van der Waals surface area contributed by atoms with Crippen LogP contribution >= 0.6 is 0 Å². The summed E-state index contributed by atoms with van der Waals surface area (Å²) in [6, 6.07) is 4.65. The Kier molecular flexibility index (Phi) is 4.53. The van der Waals surface area contributed by atoms with Crippen LogP contribution in [-0.2, 0) is 17.7 Å². The average Bonchev–Trinajstić information content (AvgIpc) is 3.20. The van der Waals surface area contributed by atoms with Gasteiger partial charge in [0.25, 0.3) is 0 Å². The van der Waals surface area contributed by atoms with Crippen molar-refractivity contribution in [3.05, 3.63) is 48.1 Å². The molecule has 1 atom stereocenters. The second-order valence-corrected chi connectivity index (χ2v) is 7.73. The summed E-state index contributed by atoms with van der Waals surface area (Å²) in [5.74, 6) is 2.27. The normalized spacial score (nSPS) is 19.9. The van der Waals surface area contributed by atoms with Crippen molar-refractivity contribution in [3.8, 4) is 0 Å². The fourth-order valence-corrected chi connectivity index (χ4v) is 3.89. The summed E-state index contributed by atoms with van der Waals surface area (Å²) in [6.45, 7) is 5.99. The second kappa shape index (κ2) is 6.83. The lowest BCUT2D eigenvalue weighted by molar-refractivity contribution is -0.0606. The Bertz CT molecular complexity index is 898. The zero-order valence-corrected chi connectivity index (χ0v) is 15.3. The number of aromatic amines is 1. The molecular weight excluding hydrogens is 331 g/mol. The van der Waals surface area contributed by atoms with Crippen LogP contribution in [0.15, 0.2) is 30.6 Å². The minimum Gasteiger partial charge on any atom is -0.376 e. The van der Waals surface area contributed by atoms with Gasteiger partial charge in [-0.05, 0) is 51.3 Å². The predicted octanol–water partition coefficient (Wildman–Crippen LogP) is 4.20. The van der Waals surface area contributed by atoms with Gasteiger partial charge in [0.2, 0.25) is 0 Å². The number of fused-ring (bicyclic) bond motifs is 1. The number of rotatable bonds is 5. The highest BCUT2D eigenvalue weighted by Gasteiger charge is 2.31. The first-order valence-corrected chi connectivity index (χ1v) is 9.29. The van der Waals surface area contributed by atoms with E-state index in [9.17, 15) is 4.39 Å². The number of aryl methyl sites for hydroxylation is 2. The molecule has 0 amide bonds. The maximum absolute atomic E-state index is 13.3. The first-order valence-electron chi connectivity index (χ1n) is 9.29. The van der Waals surface area contributed by atoms with Gasteiger partial charge in [-0.2, -0.15) is 0 Å². The lowest BCUT2D eigenvalue weighted by Gasteiger charge is -2.35. The molecule has 5 nitrogen and oxygen atoms in total. The van der Waals surface area contributed by atoms with Gasteiger partial charge in [0, 0.05) is 37.9 Å². The van der Waals surface area contributed by atoms with E-state index in [1.807, 2.05) is 6.20 Å². The third-order valence-electron chi connectivity index (χ3n) is 5.12. The molecule has 3 heterocycles. The van der Waals surface area contributed by atoms with Crippen molar-refractivity contribution < 1.29 is 9.13 Å². The molecule has 138 valence electrons. The molecule has 2 aromatic heterocycles. The number of aromatic nitrogens is 4. The maximum atomic E-state index is 13.3. The van der Waals surface area contributed by atoms with Crippen molar-refractivity contribution in [2.75, 3.05) is 6.61 Å². The number of ether oxygens (including phenoxy) is 1. The molecule has 3 aromatic rings. The van der Waals surface area contributed by atoms with Gasteiger partial charge in [-0.15, -0.1) is 0 Å². The minimum atomic E-state index is -0.241. The molecule has 1 aromatic carbocycles. The monoisotopic (exact) mass is 356 g/mol. The predicted molar refractivity (Wildman–Crippen MR) is 98.6 cm³/mol. The minimum absolute atomic E-state index is 0.0801. The van der Waals surface area contributed by atoms with Crippen molar-refractivity contribution in [2.45, 2.75) is 57.6 Å². The Labute approximate surface area is 152 Å². The molecule has 4 rings (SSSR count). The van der Waals surface area contributed by atoms with E-state index in [2.05, 4.69) is 39.6 Å². The number of nitrogens with zero attached hydrogens (tertiary/aromatic N) is 3. The van der Waals surface area contributed by atoms with E-state index < -0.39 is 0 Å². The molecule has 1 unspecified atom stereocenters. The van der Waals surface area contributed by atoms with E-state index in [4.69, 9.17) is 4.74 Å². The highest BCUT2D eigenvalue weighted by molar-refractivity contribution is 5.74. The molecule has 0 aliphatic carbocycles. The number of hydrogen-bond acceptors (Lipinski definition) is 3. The van der Waals surface area contributed by atoms with Crippen molar-refractivity contribution in [1.82, 2.24) is 19.5 Å².